The zero-order valence-electron chi connectivity index (χ0n) is 7.91. The number of benzene rings is 2. The van der Waals surface area contributed by atoms with Crippen LogP contribution in [0.25, 0.3) is 10.8 Å². The fraction of sp³-hybridized carbons (Fsp3) is 0.167. The molecule has 0 bridgehead atoms. The van der Waals surface area contributed by atoms with Crippen LogP contribution in [0, 0.1) is 0 Å². The Balaban J connectivity index is 2.41. The van der Waals surface area contributed by atoms with Gasteiger partial charge in [0.25, 0.3) is 0 Å². The molecule has 2 aromatic carbocycles. The molecular formula is C12H11FO. The second-order valence-corrected chi connectivity index (χ2v) is 3.17. The van der Waals surface area contributed by atoms with E-state index in [-0.39, 0.29) is 0 Å². The van der Waals surface area contributed by atoms with Gasteiger partial charge in [0.15, 0.2) is 0 Å². The first-order valence-corrected chi connectivity index (χ1v) is 4.55. The summed E-state index contributed by atoms with van der Waals surface area (Å²) in [5.74, 6) is 0.568. The Labute approximate surface area is 82.1 Å². The molecule has 0 fully saturated rings. The summed E-state index contributed by atoms with van der Waals surface area (Å²) in [5, 5.41) is 2.19. The van der Waals surface area contributed by atoms with E-state index >= 15 is 0 Å². The fourth-order valence-corrected chi connectivity index (χ4v) is 1.43. The van der Waals surface area contributed by atoms with Gasteiger partial charge in [0.2, 0.25) is 6.36 Å². The molecule has 2 rings (SSSR count). The zero-order valence-corrected chi connectivity index (χ0v) is 7.91. The molecule has 0 aliphatic heterocycles. The third-order valence-electron chi connectivity index (χ3n) is 2.02. The molecule has 14 heavy (non-hydrogen) atoms. The fourth-order valence-electron chi connectivity index (χ4n) is 1.43. The Morgan fingerprint density at radius 2 is 1.79 bits per heavy atom. The lowest BCUT2D eigenvalue weighted by atomic mass is 10.1. The van der Waals surface area contributed by atoms with Crippen molar-refractivity contribution in [3.8, 4) is 5.75 Å². The molecule has 0 aromatic heterocycles. The van der Waals surface area contributed by atoms with Crippen LogP contribution in [0.5, 0.6) is 5.75 Å². The highest BCUT2D eigenvalue weighted by Gasteiger charge is 2.00. The second kappa shape index (κ2) is 3.66. The molecule has 0 aliphatic rings. The summed E-state index contributed by atoms with van der Waals surface area (Å²) in [4.78, 5) is 0. The third kappa shape index (κ3) is 1.84. The predicted molar refractivity (Wildman–Crippen MR) is 55.1 cm³/mol. The van der Waals surface area contributed by atoms with E-state index in [1.165, 1.54) is 6.92 Å². The van der Waals surface area contributed by atoms with Crippen molar-refractivity contribution in [2.45, 2.75) is 13.3 Å². The van der Waals surface area contributed by atoms with Gasteiger partial charge in [-0.1, -0.05) is 30.3 Å². The van der Waals surface area contributed by atoms with Crippen molar-refractivity contribution in [3.63, 3.8) is 0 Å². The molecule has 0 spiro atoms. The first-order chi connectivity index (χ1) is 6.75. The molecule has 0 saturated carbocycles. The maximum atomic E-state index is 12.6. The largest absolute Gasteiger partial charge is 0.461 e. The summed E-state index contributed by atoms with van der Waals surface area (Å²) in [5.41, 5.74) is 0. The highest BCUT2D eigenvalue weighted by Crippen LogP contribution is 2.21. The summed E-state index contributed by atoms with van der Waals surface area (Å²) >= 11 is 0. The van der Waals surface area contributed by atoms with Crippen molar-refractivity contribution in [2.24, 2.45) is 0 Å². The summed E-state index contributed by atoms with van der Waals surface area (Å²) in [6.45, 7) is 1.37. The van der Waals surface area contributed by atoms with Gasteiger partial charge in [-0.3, -0.25) is 0 Å². The minimum absolute atomic E-state index is 0.568. The van der Waals surface area contributed by atoms with Gasteiger partial charge in [-0.2, -0.15) is 0 Å². The summed E-state index contributed by atoms with van der Waals surface area (Å²) in [6.07, 6.45) is -1.27. The molecule has 0 amide bonds. The Hall–Kier alpha value is -1.57. The SMILES string of the molecule is CC(F)Oc1ccc2ccccc2c1. The number of hydrogen-bond donors (Lipinski definition) is 0. The summed E-state index contributed by atoms with van der Waals surface area (Å²) < 4.78 is 17.5. The van der Waals surface area contributed by atoms with Gasteiger partial charge in [-0.15, -0.1) is 0 Å². The number of halogens is 1. The van der Waals surface area contributed by atoms with Gasteiger partial charge in [-0.05, 0) is 22.9 Å². The molecule has 0 saturated heterocycles. The third-order valence-corrected chi connectivity index (χ3v) is 2.02. The van der Waals surface area contributed by atoms with Crippen molar-refractivity contribution in [3.05, 3.63) is 42.5 Å². The molecule has 2 heteroatoms. The lowest BCUT2D eigenvalue weighted by Crippen LogP contribution is -2.03. The molecule has 1 unspecified atom stereocenters. The molecular weight excluding hydrogens is 179 g/mol. The Morgan fingerprint density at radius 1 is 1.07 bits per heavy atom. The minimum atomic E-state index is -1.27. The van der Waals surface area contributed by atoms with E-state index in [1.807, 2.05) is 36.4 Å². The number of ether oxygens (including phenoxy) is 1. The molecule has 0 heterocycles. The van der Waals surface area contributed by atoms with Gasteiger partial charge in [0.05, 0.1) is 0 Å². The van der Waals surface area contributed by atoms with Gasteiger partial charge < -0.3 is 4.74 Å². The molecule has 0 aliphatic carbocycles. The minimum Gasteiger partial charge on any atom is -0.461 e. The molecule has 0 N–H and O–H groups in total. The van der Waals surface area contributed by atoms with E-state index in [1.54, 1.807) is 6.07 Å². The predicted octanol–water partition coefficient (Wildman–Crippen LogP) is 3.53. The van der Waals surface area contributed by atoms with Crippen LogP contribution in [0.15, 0.2) is 42.5 Å². The van der Waals surface area contributed by atoms with Crippen LogP contribution >= 0.6 is 0 Å². The Bertz CT molecular complexity index is 437. The van der Waals surface area contributed by atoms with Crippen LogP contribution in [0.4, 0.5) is 4.39 Å². The number of fused-ring (bicyclic) bond motifs is 1. The topological polar surface area (TPSA) is 9.23 Å². The van der Waals surface area contributed by atoms with E-state index in [0.717, 1.165) is 10.8 Å². The zero-order chi connectivity index (χ0) is 9.97. The Morgan fingerprint density at radius 3 is 2.50 bits per heavy atom. The lowest BCUT2D eigenvalue weighted by Gasteiger charge is -2.07. The van der Waals surface area contributed by atoms with Gasteiger partial charge in [-0.25, -0.2) is 4.39 Å². The molecule has 1 nitrogen and oxygen atoms in total. The van der Waals surface area contributed by atoms with Crippen molar-refractivity contribution in [2.75, 3.05) is 0 Å². The standard InChI is InChI=1S/C12H11FO/c1-9(13)14-12-7-6-10-4-2-3-5-11(10)8-12/h2-9H,1H3. The number of rotatable bonds is 2. The van der Waals surface area contributed by atoms with Crippen molar-refractivity contribution < 1.29 is 9.13 Å². The van der Waals surface area contributed by atoms with E-state index < -0.39 is 6.36 Å². The maximum absolute atomic E-state index is 12.6. The average molecular weight is 190 g/mol. The van der Waals surface area contributed by atoms with E-state index in [2.05, 4.69) is 0 Å². The maximum Gasteiger partial charge on any atom is 0.235 e. The van der Waals surface area contributed by atoms with Crippen LogP contribution in [-0.2, 0) is 0 Å². The van der Waals surface area contributed by atoms with Crippen LogP contribution in [0.3, 0.4) is 0 Å². The van der Waals surface area contributed by atoms with E-state index in [4.69, 9.17) is 4.74 Å². The van der Waals surface area contributed by atoms with E-state index in [0.29, 0.717) is 5.75 Å². The van der Waals surface area contributed by atoms with Crippen LogP contribution in [-0.4, -0.2) is 6.36 Å². The van der Waals surface area contributed by atoms with Crippen LogP contribution < -0.4 is 4.74 Å². The van der Waals surface area contributed by atoms with Crippen molar-refractivity contribution in [1.29, 1.82) is 0 Å². The molecule has 2 aromatic rings. The summed E-state index contributed by atoms with van der Waals surface area (Å²) in [7, 11) is 0. The monoisotopic (exact) mass is 190 g/mol. The smallest absolute Gasteiger partial charge is 0.235 e. The second-order valence-electron chi connectivity index (χ2n) is 3.17. The van der Waals surface area contributed by atoms with Gasteiger partial charge in [0.1, 0.15) is 5.75 Å². The Kier molecular flexibility index (Phi) is 2.35. The molecule has 1 atom stereocenters. The van der Waals surface area contributed by atoms with Crippen molar-refractivity contribution >= 4 is 10.8 Å². The average Bonchev–Trinajstić information content (AvgIpc) is 2.17. The highest BCUT2D eigenvalue weighted by atomic mass is 19.1. The molecule has 0 radical (unpaired) electrons. The van der Waals surface area contributed by atoms with Gasteiger partial charge in [0, 0.05) is 6.92 Å². The van der Waals surface area contributed by atoms with E-state index in [9.17, 15) is 4.39 Å². The number of alkyl halides is 1. The number of hydrogen-bond acceptors (Lipinski definition) is 1. The molecule has 72 valence electrons. The first kappa shape index (κ1) is 9.00. The lowest BCUT2D eigenvalue weighted by molar-refractivity contribution is 0.0862. The van der Waals surface area contributed by atoms with Crippen LogP contribution in [0.2, 0.25) is 0 Å². The summed E-state index contributed by atoms with van der Waals surface area (Å²) in [6, 6.07) is 13.4. The van der Waals surface area contributed by atoms with Crippen molar-refractivity contribution in [1.82, 2.24) is 0 Å². The normalized spacial score (nSPS) is 12.7. The quantitative estimate of drug-likeness (QED) is 0.703. The van der Waals surface area contributed by atoms with Gasteiger partial charge >= 0.3 is 0 Å². The van der Waals surface area contributed by atoms with Crippen LogP contribution in [0.1, 0.15) is 6.92 Å². The first-order valence-electron chi connectivity index (χ1n) is 4.55. The highest BCUT2D eigenvalue weighted by molar-refractivity contribution is 5.83.